The maximum Gasteiger partial charge on any atom is 0.446 e. The average Bonchev–Trinajstić information content (AvgIpc) is 3.46. The Morgan fingerprint density at radius 2 is 1.77 bits per heavy atom. The van der Waals surface area contributed by atoms with Gasteiger partial charge >= 0.3 is 6.18 Å². The van der Waals surface area contributed by atoms with Crippen molar-refractivity contribution in [3.05, 3.63) is 94.4 Å². The number of aldehydes is 1. The number of carbonyl (C=O) groups is 2. The summed E-state index contributed by atoms with van der Waals surface area (Å²) < 4.78 is 45.2. The van der Waals surface area contributed by atoms with Crippen LogP contribution in [0.2, 0.25) is 0 Å². The molecule has 1 spiro atoms. The van der Waals surface area contributed by atoms with Crippen LogP contribution in [-0.4, -0.2) is 47.6 Å². The number of anilines is 1. The van der Waals surface area contributed by atoms with Gasteiger partial charge in [-0.1, -0.05) is 42.5 Å². The predicted octanol–water partition coefficient (Wildman–Crippen LogP) is 6.06. The summed E-state index contributed by atoms with van der Waals surface area (Å²) in [6.07, 6.45) is -0.937. The molecule has 0 saturated heterocycles. The number of halogens is 4. The lowest BCUT2D eigenvalue weighted by Crippen LogP contribution is -2.21. The average molecular weight is 551 g/mol. The second-order valence-electron chi connectivity index (χ2n) is 10.3. The van der Waals surface area contributed by atoms with E-state index in [1.807, 2.05) is 6.08 Å². The van der Waals surface area contributed by atoms with E-state index in [2.05, 4.69) is 83.0 Å². The van der Waals surface area contributed by atoms with Crippen LogP contribution in [0.5, 0.6) is 0 Å². The van der Waals surface area contributed by atoms with Crippen LogP contribution in [0.15, 0.2) is 60.7 Å². The van der Waals surface area contributed by atoms with Crippen molar-refractivity contribution in [2.45, 2.75) is 30.5 Å². The van der Waals surface area contributed by atoms with Crippen LogP contribution in [0.25, 0.3) is 23.1 Å². The van der Waals surface area contributed by atoms with Crippen molar-refractivity contribution < 1.29 is 27.2 Å². The van der Waals surface area contributed by atoms with E-state index in [-0.39, 0.29) is 17.6 Å². The molecule has 0 unspecified atom stereocenters. The van der Waals surface area contributed by atoms with Gasteiger partial charge in [-0.25, -0.2) is 4.39 Å². The normalized spacial score (nSPS) is 19.6. The first kappa shape index (κ1) is 27.3. The van der Waals surface area contributed by atoms with Crippen LogP contribution in [0, 0.1) is 5.82 Å². The summed E-state index contributed by atoms with van der Waals surface area (Å²) in [4.78, 5) is 23.7. The minimum Gasteiger partial charge on any atom is -0.325 e. The van der Waals surface area contributed by atoms with E-state index in [1.165, 1.54) is 17.7 Å². The molecule has 0 bridgehead atoms. The molecule has 10 heteroatoms. The molecule has 0 radical (unpaired) electrons. The van der Waals surface area contributed by atoms with E-state index < -0.39 is 17.9 Å². The summed E-state index contributed by atoms with van der Waals surface area (Å²) in [6, 6.07) is 19.2. The number of rotatable bonds is 5. The number of amides is 1. The van der Waals surface area contributed by atoms with Crippen LogP contribution in [0.3, 0.4) is 0 Å². The fourth-order valence-electron chi connectivity index (χ4n) is 5.24. The second-order valence-corrected chi connectivity index (χ2v) is 10.3. The van der Waals surface area contributed by atoms with E-state index in [0.29, 0.717) is 6.42 Å². The van der Waals surface area contributed by atoms with Gasteiger partial charge in [-0.05, 0) is 73.1 Å². The van der Waals surface area contributed by atoms with Gasteiger partial charge in [0.05, 0.1) is 16.6 Å². The number of fused-ring (bicyclic) bond motifs is 3. The number of benzene rings is 3. The van der Waals surface area contributed by atoms with Gasteiger partial charge in [0.15, 0.2) is 0 Å². The molecule has 6 nitrogen and oxygen atoms in total. The molecule has 40 heavy (non-hydrogen) atoms. The van der Waals surface area contributed by atoms with Crippen LogP contribution in [0.1, 0.15) is 40.3 Å². The standard InChI is InChI=1S/C28H25FN4O.C2HF3O/c1-33(2)16-18-5-3-17(4-6-18)7-11-24-21-10-8-19(13-26(21)32-31-24)23-15-28(23)22-14-20(29)9-12-25(22)30-27(28)34;3-2(4,5)1-6/h3-14,23H,15-16H2,1-2H3,(H,30,34)(H,31,32);1H/b11-7+;/t23-,28-;/m0./s1. The van der Waals surface area contributed by atoms with Gasteiger partial charge in [0.25, 0.3) is 0 Å². The molecule has 6 rings (SSSR count). The number of carbonyl (C=O) groups excluding carboxylic acids is 2. The number of hydrogen-bond donors (Lipinski definition) is 2. The second kappa shape index (κ2) is 10.3. The number of alkyl halides is 3. The molecule has 1 saturated carbocycles. The van der Waals surface area contributed by atoms with Gasteiger partial charge in [0.1, 0.15) is 5.82 Å². The van der Waals surface area contributed by atoms with Crippen molar-refractivity contribution in [1.29, 1.82) is 0 Å². The molecule has 1 aliphatic heterocycles. The molecule has 1 fully saturated rings. The van der Waals surface area contributed by atoms with Crippen molar-refractivity contribution in [3.8, 4) is 0 Å². The van der Waals surface area contributed by atoms with E-state index >= 15 is 0 Å². The largest absolute Gasteiger partial charge is 0.446 e. The third-order valence-electron chi connectivity index (χ3n) is 7.14. The van der Waals surface area contributed by atoms with E-state index in [0.717, 1.165) is 45.5 Å². The van der Waals surface area contributed by atoms with Crippen molar-refractivity contribution in [1.82, 2.24) is 15.1 Å². The molecule has 3 aromatic carbocycles. The highest BCUT2D eigenvalue weighted by Crippen LogP contribution is 2.65. The lowest BCUT2D eigenvalue weighted by atomic mass is 9.91. The quantitative estimate of drug-likeness (QED) is 0.234. The van der Waals surface area contributed by atoms with Crippen LogP contribution in [-0.2, 0) is 21.5 Å². The van der Waals surface area contributed by atoms with Crippen LogP contribution < -0.4 is 5.32 Å². The highest BCUT2D eigenvalue weighted by atomic mass is 19.4. The van der Waals surface area contributed by atoms with E-state index in [9.17, 15) is 22.4 Å². The summed E-state index contributed by atoms with van der Waals surface area (Å²) in [5.41, 5.74) is 6.09. The summed E-state index contributed by atoms with van der Waals surface area (Å²) in [5, 5.41) is 11.6. The zero-order chi connectivity index (χ0) is 28.7. The molecule has 2 aliphatic rings. The Balaban J connectivity index is 0.000000487. The fourth-order valence-corrected chi connectivity index (χ4v) is 5.24. The zero-order valence-corrected chi connectivity index (χ0v) is 21.7. The van der Waals surface area contributed by atoms with Crippen LogP contribution in [0.4, 0.5) is 23.2 Å². The fraction of sp³-hybridized carbons (Fsp3) is 0.233. The molecule has 2 N–H and O–H groups in total. The first-order valence-corrected chi connectivity index (χ1v) is 12.5. The summed E-state index contributed by atoms with van der Waals surface area (Å²) in [5.74, 6) is -0.320. The maximum absolute atomic E-state index is 13.9. The summed E-state index contributed by atoms with van der Waals surface area (Å²) in [6.45, 7) is 0.917. The monoisotopic (exact) mass is 550 g/mol. The first-order valence-electron chi connectivity index (χ1n) is 12.5. The molecule has 4 aromatic rings. The predicted molar refractivity (Wildman–Crippen MR) is 145 cm³/mol. The molecular weight excluding hydrogens is 524 g/mol. The highest BCUT2D eigenvalue weighted by Gasteiger charge is 2.65. The van der Waals surface area contributed by atoms with Gasteiger partial charge in [0, 0.05) is 23.5 Å². The molecule has 1 aromatic heterocycles. The molecule has 1 amide bonds. The van der Waals surface area contributed by atoms with E-state index in [1.54, 1.807) is 6.07 Å². The third-order valence-corrected chi connectivity index (χ3v) is 7.14. The molecule has 206 valence electrons. The molecule has 1 aliphatic carbocycles. The van der Waals surface area contributed by atoms with Crippen molar-refractivity contribution in [2.75, 3.05) is 19.4 Å². The van der Waals surface area contributed by atoms with Crippen molar-refractivity contribution in [2.24, 2.45) is 0 Å². The molecular formula is C30H26F4N4O2. The first-order chi connectivity index (χ1) is 19.0. The zero-order valence-electron chi connectivity index (χ0n) is 21.7. The minimum atomic E-state index is -4.64. The Morgan fingerprint density at radius 1 is 1.05 bits per heavy atom. The van der Waals surface area contributed by atoms with Crippen molar-refractivity contribution >= 4 is 40.9 Å². The van der Waals surface area contributed by atoms with Gasteiger partial charge in [-0.2, -0.15) is 18.3 Å². The number of nitrogens with one attached hydrogen (secondary N) is 2. The van der Waals surface area contributed by atoms with Gasteiger partial charge < -0.3 is 10.2 Å². The Bertz CT molecular complexity index is 1610. The van der Waals surface area contributed by atoms with E-state index in [4.69, 9.17) is 4.79 Å². The third kappa shape index (κ3) is 5.40. The highest BCUT2D eigenvalue weighted by molar-refractivity contribution is 6.10. The number of H-pyrrole nitrogens is 1. The Morgan fingerprint density at radius 3 is 2.45 bits per heavy atom. The maximum atomic E-state index is 13.9. The minimum absolute atomic E-state index is 0.0305. The lowest BCUT2D eigenvalue weighted by Gasteiger charge is -2.09. The topological polar surface area (TPSA) is 78.1 Å². The number of aromatic nitrogens is 2. The van der Waals surface area contributed by atoms with Crippen LogP contribution >= 0.6 is 0 Å². The van der Waals surface area contributed by atoms with Gasteiger partial charge in [-0.3, -0.25) is 14.7 Å². The number of aromatic amines is 1. The SMILES string of the molecule is CN(C)Cc1ccc(/C=C/c2n[nH]c3cc([C@@H]4C[C@@]45C(=O)Nc4ccc(F)cc45)ccc23)cc1.O=CC(F)(F)F. The number of nitrogens with zero attached hydrogens (tertiary/aromatic N) is 2. The summed E-state index contributed by atoms with van der Waals surface area (Å²) >= 11 is 0. The number of hydrogen-bond acceptors (Lipinski definition) is 4. The Hall–Kier alpha value is -4.31. The lowest BCUT2D eigenvalue weighted by molar-refractivity contribution is -0.156. The van der Waals surface area contributed by atoms with Gasteiger partial charge in [0.2, 0.25) is 12.2 Å². The Kier molecular flexibility index (Phi) is 7.05. The Labute approximate surface area is 227 Å². The van der Waals surface area contributed by atoms with Gasteiger partial charge in [-0.15, -0.1) is 0 Å². The molecule has 2 heterocycles. The summed E-state index contributed by atoms with van der Waals surface area (Å²) in [7, 11) is 4.12. The molecule has 2 atom stereocenters. The van der Waals surface area contributed by atoms with Crippen molar-refractivity contribution in [3.63, 3.8) is 0 Å². The smallest absolute Gasteiger partial charge is 0.325 e.